The summed E-state index contributed by atoms with van der Waals surface area (Å²) in [6, 6.07) is 8.16. The fourth-order valence-corrected chi connectivity index (χ4v) is 1.63. The Labute approximate surface area is 95.2 Å². The molecule has 0 saturated heterocycles. The topological polar surface area (TPSA) is 22.2 Å². The molecular weight excluding hydrogens is 198 g/mol. The summed E-state index contributed by atoms with van der Waals surface area (Å²) in [6.07, 6.45) is 1.97. The van der Waals surface area contributed by atoms with Gasteiger partial charge in [0.25, 0.3) is 6.54 Å². The Bertz CT molecular complexity index is 547. The largest absolute Gasteiger partial charge is 0.310 e. The van der Waals surface area contributed by atoms with Gasteiger partial charge in [-0.2, -0.15) is 5.10 Å². The summed E-state index contributed by atoms with van der Waals surface area (Å²) in [4.78, 5) is 3.37. The monoisotopic (exact) mass is 211 g/mol. The fraction of sp³-hybridized carbons (Fsp3) is 0.231. The zero-order valence-corrected chi connectivity index (χ0v) is 9.44. The molecule has 0 aliphatic carbocycles. The number of nitrogens with zero attached hydrogens (tertiary/aromatic N) is 3. The molecule has 0 fully saturated rings. The number of aryl methyl sites for hydroxylation is 2. The van der Waals surface area contributed by atoms with E-state index < -0.39 is 0 Å². The molecule has 0 N–H and O–H groups in total. The molecule has 2 rings (SSSR count). The van der Waals surface area contributed by atoms with Crippen LogP contribution in [0.1, 0.15) is 16.8 Å². The molecule has 0 radical (unpaired) electrons. The van der Waals surface area contributed by atoms with E-state index in [4.69, 9.17) is 6.57 Å². The lowest BCUT2D eigenvalue weighted by molar-refractivity contribution is 0.850. The first kappa shape index (κ1) is 10.4. The van der Waals surface area contributed by atoms with E-state index in [2.05, 4.69) is 29.0 Å². The fourth-order valence-electron chi connectivity index (χ4n) is 1.63. The van der Waals surface area contributed by atoms with E-state index >= 15 is 0 Å². The molecule has 2 aromatic rings. The molecule has 0 atom stereocenters. The molecule has 0 bridgehead atoms. The number of hydrogen-bond acceptors (Lipinski definition) is 1. The molecule has 0 saturated carbocycles. The first-order valence-corrected chi connectivity index (χ1v) is 5.16. The van der Waals surface area contributed by atoms with E-state index in [1.807, 2.05) is 29.9 Å². The smallest absolute Gasteiger partial charge is 0.258 e. The van der Waals surface area contributed by atoms with E-state index in [1.165, 1.54) is 5.56 Å². The quantitative estimate of drug-likeness (QED) is 0.700. The third-order valence-electron chi connectivity index (χ3n) is 2.49. The van der Waals surface area contributed by atoms with Crippen molar-refractivity contribution in [2.45, 2.75) is 20.4 Å². The molecular formula is C13H13N3. The van der Waals surface area contributed by atoms with E-state index in [-0.39, 0.29) is 0 Å². The van der Waals surface area contributed by atoms with Gasteiger partial charge < -0.3 is 4.85 Å². The van der Waals surface area contributed by atoms with Crippen LogP contribution in [0, 0.1) is 20.4 Å². The predicted octanol–water partition coefficient (Wildman–Crippen LogP) is 2.91. The molecule has 1 heterocycles. The Hall–Kier alpha value is -2.08. The van der Waals surface area contributed by atoms with Crippen LogP contribution in [0.15, 0.2) is 30.5 Å². The highest BCUT2D eigenvalue weighted by Crippen LogP contribution is 2.13. The Morgan fingerprint density at radius 3 is 2.88 bits per heavy atom. The third-order valence-corrected chi connectivity index (χ3v) is 2.49. The summed E-state index contributed by atoms with van der Waals surface area (Å²) in [5.41, 5.74) is 4.17. The van der Waals surface area contributed by atoms with Crippen LogP contribution in [0.5, 0.6) is 0 Å². The van der Waals surface area contributed by atoms with Gasteiger partial charge in [-0.05, 0) is 37.1 Å². The summed E-state index contributed by atoms with van der Waals surface area (Å²) in [5.74, 6) is 0. The van der Waals surface area contributed by atoms with Crippen LogP contribution in [0.3, 0.4) is 0 Å². The van der Waals surface area contributed by atoms with Crippen LogP contribution >= 0.6 is 0 Å². The van der Waals surface area contributed by atoms with Gasteiger partial charge in [0.15, 0.2) is 0 Å². The maximum absolute atomic E-state index is 6.86. The first-order valence-electron chi connectivity index (χ1n) is 5.16. The maximum atomic E-state index is 6.86. The number of aromatic nitrogens is 2. The van der Waals surface area contributed by atoms with Crippen molar-refractivity contribution in [3.63, 3.8) is 0 Å². The van der Waals surface area contributed by atoms with E-state index in [1.54, 1.807) is 0 Å². The van der Waals surface area contributed by atoms with Crippen molar-refractivity contribution in [2.24, 2.45) is 0 Å². The van der Waals surface area contributed by atoms with Crippen molar-refractivity contribution >= 4 is 0 Å². The Kier molecular flexibility index (Phi) is 2.74. The van der Waals surface area contributed by atoms with Crippen molar-refractivity contribution in [1.29, 1.82) is 0 Å². The molecule has 0 aliphatic heterocycles. The minimum Gasteiger partial charge on any atom is -0.310 e. The third kappa shape index (κ3) is 1.96. The average molecular weight is 211 g/mol. The zero-order valence-electron chi connectivity index (χ0n) is 9.44. The molecule has 0 amide bonds. The maximum Gasteiger partial charge on any atom is 0.258 e. The summed E-state index contributed by atoms with van der Waals surface area (Å²) in [5, 5.41) is 4.41. The van der Waals surface area contributed by atoms with Crippen LogP contribution in [-0.2, 0) is 6.54 Å². The molecule has 80 valence electrons. The van der Waals surface area contributed by atoms with Crippen LogP contribution in [0.25, 0.3) is 10.5 Å². The van der Waals surface area contributed by atoms with Crippen LogP contribution in [0.4, 0.5) is 0 Å². The Morgan fingerprint density at radius 2 is 2.19 bits per heavy atom. The predicted molar refractivity (Wildman–Crippen MR) is 63.3 cm³/mol. The molecule has 16 heavy (non-hydrogen) atoms. The molecule has 3 heteroatoms. The average Bonchev–Trinajstić information content (AvgIpc) is 2.61. The lowest BCUT2D eigenvalue weighted by Gasteiger charge is -2.01. The molecule has 0 aliphatic rings. The van der Waals surface area contributed by atoms with Crippen molar-refractivity contribution in [2.75, 3.05) is 0 Å². The lowest BCUT2D eigenvalue weighted by Crippen LogP contribution is -1.95. The minimum atomic E-state index is 0.352. The second-order valence-electron chi connectivity index (χ2n) is 3.86. The van der Waals surface area contributed by atoms with E-state index in [0.717, 1.165) is 16.9 Å². The van der Waals surface area contributed by atoms with Crippen molar-refractivity contribution in [3.05, 3.63) is 58.7 Å². The minimum absolute atomic E-state index is 0.352. The second kappa shape index (κ2) is 4.19. The van der Waals surface area contributed by atoms with Gasteiger partial charge in [0, 0.05) is 6.20 Å². The molecule has 0 spiro atoms. The number of rotatable bonds is 2. The summed E-state index contributed by atoms with van der Waals surface area (Å²) in [7, 11) is 0. The Balaban J connectivity index is 2.42. The molecule has 3 nitrogen and oxygen atoms in total. The highest BCUT2D eigenvalue weighted by molar-refractivity contribution is 5.36. The van der Waals surface area contributed by atoms with Crippen molar-refractivity contribution < 1.29 is 0 Å². The molecule has 1 aromatic carbocycles. The Morgan fingerprint density at radius 1 is 1.38 bits per heavy atom. The standard InChI is InChI=1S/C13H13N3/c1-10-5-4-6-12(7-10)16-9-11(2)13(15-16)8-14-3/h4-7,9H,8H2,1-2H3. The first-order chi connectivity index (χ1) is 7.70. The van der Waals surface area contributed by atoms with Gasteiger partial charge in [-0.1, -0.05) is 12.1 Å². The number of benzene rings is 1. The van der Waals surface area contributed by atoms with Crippen LogP contribution < -0.4 is 0 Å². The normalized spacial score (nSPS) is 10.1. The van der Waals surface area contributed by atoms with Crippen LogP contribution in [0.2, 0.25) is 0 Å². The van der Waals surface area contributed by atoms with Crippen LogP contribution in [-0.4, -0.2) is 9.78 Å². The lowest BCUT2D eigenvalue weighted by atomic mass is 10.2. The second-order valence-corrected chi connectivity index (χ2v) is 3.86. The van der Waals surface area contributed by atoms with Gasteiger partial charge in [-0.15, -0.1) is 0 Å². The molecule has 0 unspecified atom stereocenters. The summed E-state index contributed by atoms with van der Waals surface area (Å²) < 4.78 is 1.84. The van der Waals surface area contributed by atoms with Gasteiger partial charge in [-0.25, -0.2) is 11.3 Å². The van der Waals surface area contributed by atoms with Gasteiger partial charge in [0.1, 0.15) is 5.69 Å². The van der Waals surface area contributed by atoms with Gasteiger partial charge in [0.05, 0.1) is 5.69 Å². The van der Waals surface area contributed by atoms with E-state index in [0.29, 0.717) is 6.54 Å². The SMILES string of the molecule is [C-]#[N+]Cc1nn(-c2cccc(C)c2)cc1C. The highest BCUT2D eigenvalue weighted by Gasteiger charge is 2.08. The summed E-state index contributed by atoms with van der Waals surface area (Å²) >= 11 is 0. The number of hydrogen-bond donors (Lipinski definition) is 0. The zero-order chi connectivity index (χ0) is 11.5. The van der Waals surface area contributed by atoms with E-state index in [9.17, 15) is 0 Å². The summed E-state index contributed by atoms with van der Waals surface area (Å²) in [6.45, 7) is 11.3. The van der Waals surface area contributed by atoms with Gasteiger partial charge >= 0.3 is 0 Å². The van der Waals surface area contributed by atoms with Crippen molar-refractivity contribution in [3.8, 4) is 5.69 Å². The molecule has 1 aromatic heterocycles. The highest BCUT2D eigenvalue weighted by atomic mass is 15.3. The van der Waals surface area contributed by atoms with Gasteiger partial charge in [-0.3, -0.25) is 0 Å². The van der Waals surface area contributed by atoms with Gasteiger partial charge in [0.2, 0.25) is 0 Å². The van der Waals surface area contributed by atoms with Crippen molar-refractivity contribution in [1.82, 2.24) is 9.78 Å².